The van der Waals surface area contributed by atoms with Crippen LogP contribution in [0.4, 0.5) is 0 Å². The SMILES string of the molecule is CC(C)CC(CNC(=O)c1ccccc1SCc1cccs1)C(=O)O. The Balaban J connectivity index is 1.99. The van der Waals surface area contributed by atoms with Crippen LogP contribution in [0.5, 0.6) is 0 Å². The number of carboxylic acids is 1. The minimum absolute atomic E-state index is 0.149. The molecule has 1 amide bonds. The molecule has 1 aromatic carbocycles. The molecule has 2 rings (SSSR count). The van der Waals surface area contributed by atoms with Crippen LogP contribution in [0.2, 0.25) is 0 Å². The van der Waals surface area contributed by atoms with Crippen molar-refractivity contribution >= 4 is 35.0 Å². The topological polar surface area (TPSA) is 66.4 Å². The molecule has 4 nitrogen and oxygen atoms in total. The Hall–Kier alpha value is -1.79. The molecule has 0 fully saturated rings. The van der Waals surface area contributed by atoms with Crippen LogP contribution in [-0.2, 0) is 10.5 Å². The summed E-state index contributed by atoms with van der Waals surface area (Å²) < 4.78 is 0. The number of hydrogen-bond acceptors (Lipinski definition) is 4. The van der Waals surface area contributed by atoms with Gasteiger partial charge in [0.1, 0.15) is 0 Å². The maximum atomic E-state index is 12.5. The fourth-order valence-corrected chi connectivity index (χ4v) is 4.30. The van der Waals surface area contributed by atoms with E-state index in [2.05, 4.69) is 11.4 Å². The van der Waals surface area contributed by atoms with E-state index in [1.54, 1.807) is 29.2 Å². The first-order valence-electron chi connectivity index (χ1n) is 8.22. The smallest absolute Gasteiger partial charge is 0.308 e. The van der Waals surface area contributed by atoms with Crippen molar-refractivity contribution in [1.29, 1.82) is 0 Å². The Morgan fingerprint density at radius 1 is 1.20 bits per heavy atom. The van der Waals surface area contributed by atoms with Gasteiger partial charge in [-0.3, -0.25) is 9.59 Å². The molecule has 2 aromatic rings. The van der Waals surface area contributed by atoms with Gasteiger partial charge in [0.2, 0.25) is 0 Å². The zero-order chi connectivity index (χ0) is 18.2. The predicted molar refractivity (Wildman–Crippen MR) is 103 cm³/mol. The van der Waals surface area contributed by atoms with Gasteiger partial charge < -0.3 is 10.4 Å². The van der Waals surface area contributed by atoms with E-state index >= 15 is 0 Å². The summed E-state index contributed by atoms with van der Waals surface area (Å²) in [5, 5.41) is 14.1. The minimum atomic E-state index is -0.866. The van der Waals surface area contributed by atoms with Crippen molar-refractivity contribution in [3.8, 4) is 0 Å². The first-order chi connectivity index (χ1) is 12.0. The molecular formula is C19H23NO3S2. The molecule has 0 saturated carbocycles. The molecule has 134 valence electrons. The van der Waals surface area contributed by atoms with E-state index in [0.717, 1.165) is 10.6 Å². The molecule has 0 bridgehead atoms. The normalized spacial score (nSPS) is 12.1. The second kappa shape index (κ2) is 9.63. The molecule has 1 aromatic heterocycles. The second-order valence-corrected chi connectivity index (χ2v) is 8.29. The van der Waals surface area contributed by atoms with E-state index in [9.17, 15) is 14.7 Å². The van der Waals surface area contributed by atoms with Crippen molar-refractivity contribution in [2.75, 3.05) is 6.54 Å². The van der Waals surface area contributed by atoms with Gasteiger partial charge in [0.25, 0.3) is 5.91 Å². The number of benzene rings is 1. The van der Waals surface area contributed by atoms with E-state index in [1.165, 1.54) is 4.88 Å². The summed E-state index contributed by atoms with van der Waals surface area (Å²) in [6.07, 6.45) is 0.546. The number of amides is 1. The number of aliphatic carboxylic acids is 1. The van der Waals surface area contributed by atoms with Gasteiger partial charge >= 0.3 is 5.97 Å². The van der Waals surface area contributed by atoms with Gasteiger partial charge in [-0.2, -0.15) is 0 Å². The molecule has 2 N–H and O–H groups in total. The minimum Gasteiger partial charge on any atom is -0.481 e. The lowest BCUT2D eigenvalue weighted by atomic mass is 9.97. The predicted octanol–water partition coefficient (Wildman–Crippen LogP) is 4.52. The van der Waals surface area contributed by atoms with Crippen molar-refractivity contribution in [3.63, 3.8) is 0 Å². The number of carboxylic acid groups (broad SMARTS) is 1. The first kappa shape index (κ1) is 19.5. The Bertz CT molecular complexity index is 698. The van der Waals surface area contributed by atoms with Gasteiger partial charge in [-0.05, 0) is 35.9 Å². The summed E-state index contributed by atoms with van der Waals surface area (Å²) in [6, 6.07) is 11.5. The fourth-order valence-electron chi connectivity index (χ4n) is 2.48. The lowest BCUT2D eigenvalue weighted by Crippen LogP contribution is -2.33. The Morgan fingerprint density at radius 3 is 2.60 bits per heavy atom. The third-order valence-corrected chi connectivity index (χ3v) is 5.88. The zero-order valence-electron chi connectivity index (χ0n) is 14.4. The largest absolute Gasteiger partial charge is 0.481 e. The van der Waals surface area contributed by atoms with Gasteiger partial charge in [0, 0.05) is 22.1 Å². The van der Waals surface area contributed by atoms with Crippen LogP contribution >= 0.6 is 23.1 Å². The van der Waals surface area contributed by atoms with E-state index < -0.39 is 11.9 Å². The highest BCUT2D eigenvalue weighted by Gasteiger charge is 2.20. The molecule has 0 aliphatic rings. The van der Waals surface area contributed by atoms with Gasteiger partial charge in [-0.25, -0.2) is 0 Å². The number of thiophene rings is 1. The van der Waals surface area contributed by atoms with Crippen LogP contribution in [0, 0.1) is 11.8 Å². The summed E-state index contributed by atoms with van der Waals surface area (Å²) in [7, 11) is 0. The second-order valence-electron chi connectivity index (χ2n) is 6.24. The molecule has 0 radical (unpaired) electrons. The lowest BCUT2D eigenvalue weighted by molar-refractivity contribution is -0.142. The van der Waals surface area contributed by atoms with Crippen molar-refractivity contribution in [1.82, 2.24) is 5.32 Å². The average molecular weight is 378 g/mol. The van der Waals surface area contributed by atoms with Crippen LogP contribution in [0.3, 0.4) is 0 Å². The molecule has 1 unspecified atom stereocenters. The number of hydrogen-bond donors (Lipinski definition) is 2. The number of carbonyl (C=O) groups excluding carboxylic acids is 1. The molecule has 0 spiro atoms. The molecule has 0 aliphatic heterocycles. The summed E-state index contributed by atoms with van der Waals surface area (Å²) in [5.74, 6) is -0.562. The maximum Gasteiger partial charge on any atom is 0.308 e. The van der Waals surface area contributed by atoms with E-state index in [0.29, 0.717) is 12.0 Å². The average Bonchev–Trinajstić information content (AvgIpc) is 3.09. The monoisotopic (exact) mass is 377 g/mol. The summed E-state index contributed by atoms with van der Waals surface area (Å²) in [4.78, 5) is 26.0. The summed E-state index contributed by atoms with van der Waals surface area (Å²) >= 11 is 3.31. The van der Waals surface area contributed by atoms with E-state index in [4.69, 9.17) is 0 Å². The quantitative estimate of drug-likeness (QED) is 0.631. The molecule has 1 heterocycles. The highest BCUT2D eigenvalue weighted by Crippen LogP contribution is 2.28. The molecule has 1 atom stereocenters. The highest BCUT2D eigenvalue weighted by atomic mass is 32.2. The van der Waals surface area contributed by atoms with E-state index in [1.807, 2.05) is 43.5 Å². The number of carbonyl (C=O) groups is 2. The van der Waals surface area contributed by atoms with E-state index in [-0.39, 0.29) is 18.4 Å². The third kappa shape index (κ3) is 6.21. The molecular weight excluding hydrogens is 354 g/mol. The molecule has 0 aliphatic carbocycles. The Kier molecular flexibility index (Phi) is 7.52. The van der Waals surface area contributed by atoms with Crippen LogP contribution in [-0.4, -0.2) is 23.5 Å². The van der Waals surface area contributed by atoms with Gasteiger partial charge in [0.05, 0.1) is 11.5 Å². The molecule has 0 saturated heterocycles. The van der Waals surface area contributed by atoms with Gasteiger partial charge in [0.15, 0.2) is 0 Å². The molecule has 25 heavy (non-hydrogen) atoms. The Labute approximate surface area is 156 Å². The van der Waals surface area contributed by atoms with Crippen LogP contribution < -0.4 is 5.32 Å². The van der Waals surface area contributed by atoms with Crippen molar-refractivity contribution in [3.05, 3.63) is 52.2 Å². The highest BCUT2D eigenvalue weighted by molar-refractivity contribution is 7.98. The third-order valence-electron chi connectivity index (χ3n) is 3.70. The maximum absolute atomic E-state index is 12.5. The number of rotatable bonds is 9. The van der Waals surface area contributed by atoms with Crippen molar-refractivity contribution in [2.24, 2.45) is 11.8 Å². The van der Waals surface area contributed by atoms with Gasteiger partial charge in [-0.1, -0.05) is 32.0 Å². The Morgan fingerprint density at radius 2 is 1.96 bits per heavy atom. The fraction of sp³-hybridized carbons (Fsp3) is 0.368. The van der Waals surface area contributed by atoms with Gasteiger partial charge in [-0.15, -0.1) is 23.1 Å². The first-order valence-corrected chi connectivity index (χ1v) is 10.1. The van der Waals surface area contributed by atoms with Crippen LogP contribution in [0.15, 0.2) is 46.7 Å². The van der Waals surface area contributed by atoms with Crippen molar-refractivity contribution < 1.29 is 14.7 Å². The summed E-state index contributed by atoms with van der Waals surface area (Å²) in [6.45, 7) is 4.11. The zero-order valence-corrected chi connectivity index (χ0v) is 16.0. The number of nitrogens with one attached hydrogen (secondary N) is 1. The summed E-state index contributed by atoms with van der Waals surface area (Å²) in [5.41, 5.74) is 0.595. The van der Waals surface area contributed by atoms with Crippen molar-refractivity contribution in [2.45, 2.75) is 30.9 Å². The van der Waals surface area contributed by atoms with Crippen LogP contribution in [0.1, 0.15) is 35.5 Å². The van der Waals surface area contributed by atoms with Crippen LogP contribution in [0.25, 0.3) is 0 Å². The number of thioether (sulfide) groups is 1. The standard InChI is InChI=1S/C19H23NO3S2/c1-13(2)10-14(19(22)23)11-20-18(21)16-7-3-4-8-17(16)25-12-15-6-5-9-24-15/h3-9,13-14H,10-12H2,1-2H3,(H,20,21)(H,22,23). The lowest BCUT2D eigenvalue weighted by Gasteiger charge is -2.16. The molecule has 6 heteroatoms.